The first kappa shape index (κ1) is 12.6. The van der Waals surface area contributed by atoms with Gasteiger partial charge in [-0.2, -0.15) is 0 Å². The lowest BCUT2D eigenvalue weighted by atomic mass is 10.0. The van der Waals surface area contributed by atoms with Crippen LogP contribution in [0.15, 0.2) is 42.5 Å². The van der Waals surface area contributed by atoms with Gasteiger partial charge in [0.2, 0.25) is 0 Å². The van der Waals surface area contributed by atoms with Gasteiger partial charge in [0.25, 0.3) is 5.91 Å². The highest BCUT2D eigenvalue weighted by Crippen LogP contribution is 2.19. The molecule has 0 spiro atoms. The average Bonchev–Trinajstić information content (AvgIpc) is 2.37. The van der Waals surface area contributed by atoms with E-state index in [9.17, 15) is 4.79 Å². The van der Waals surface area contributed by atoms with Crippen LogP contribution in [0.2, 0.25) is 0 Å². The van der Waals surface area contributed by atoms with E-state index >= 15 is 0 Å². The summed E-state index contributed by atoms with van der Waals surface area (Å²) in [7, 11) is 0. The molecule has 0 saturated heterocycles. The molecule has 0 aliphatic rings. The summed E-state index contributed by atoms with van der Waals surface area (Å²) in [5, 5.41) is 5.21. The topological polar surface area (TPSA) is 56.7 Å². The Morgan fingerprint density at radius 2 is 1.78 bits per heavy atom. The van der Waals surface area contributed by atoms with Crippen LogP contribution < -0.4 is 11.1 Å². The molecule has 2 aromatic carbocycles. The molecule has 1 amide bonds. The van der Waals surface area contributed by atoms with E-state index in [1.807, 2.05) is 50.2 Å². The number of amides is 1. The Bertz CT molecular complexity index is 563. The maximum Gasteiger partial charge on any atom is 0.282 e. The van der Waals surface area contributed by atoms with Gasteiger partial charge >= 0.3 is 0 Å². The zero-order valence-electron chi connectivity index (χ0n) is 10.8. The van der Waals surface area contributed by atoms with E-state index in [0.717, 1.165) is 11.1 Å². The lowest BCUT2D eigenvalue weighted by molar-refractivity contribution is -0.412. The Morgan fingerprint density at radius 3 is 2.44 bits per heavy atom. The smallest absolute Gasteiger partial charge is 0.282 e. The predicted molar refractivity (Wildman–Crippen MR) is 74.1 cm³/mol. The van der Waals surface area contributed by atoms with Gasteiger partial charge in [-0.3, -0.25) is 4.79 Å². The Morgan fingerprint density at radius 1 is 1.11 bits per heavy atom. The largest absolute Gasteiger partial charge is 0.347 e. The summed E-state index contributed by atoms with van der Waals surface area (Å²) in [6.07, 6.45) is 0. The number of benzene rings is 2. The van der Waals surface area contributed by atoms with Crippen LogP contribution in [-0.4, -0.2) is 11.9 Å². The van der Waals surface area contributed by atoms with Crippen molar-refractivity contribution in [1.82, 2.24) is 0 Å². The molecule has 2 aromatic rings. The van der Waals surface area contributed by atoms with Crippen molar-refractivity contribution in [2.24, 2.45) is 5.92 Å². The van der Waals surface area contributed by atoms with Crippen LogP contribution in [0.25, 0.3) is 10.8 Å². The van der Waals surface area contributed by atoms with E-state index in [1.54, 1.807) is 0 Å². The van der Waals surface area contributed by atoms with Gasteiger partial charge in [0.1, 0.15) is 0 Å². The summed E-state index contributed by atoms with van der Waals surface area (Å²) in [4.78, 5) is 11.9. The van der Waals surface area contributed by atoms with Crippen molar-refractivity contribution >= 4 is 22.4 Å². The van der Waals surface area contributed by atoms with Gasteiger partial charge in [0.05, 0.1) is 0 Å². The van der Waals surface area contributed by atoms with Crippen LogP contribution in [0, 0.1) is 5.92 Å². The maximum absolute atomic E-state index is 11.9. The van der Waals surface area contributed by atoms with Gasteiger partial charge in [-0.25, -0.2) is 0 Å². The summed E-state index contributed by atoms with van der Waals surface area (Å²) in [5.74, 6) is 0.214. The number of hydrogen-bond acceptors (Lipinski definition) is 1. The zero-order valence-corrected chi connectivity index (χ0v) is 10.8. The van der Waals surface area contributed by atoms with Crippen LogP contribution in [0.3, 0.4) is 0 Å². The molecule has 4 N–H and O–H groups in total. The van der Waals surface area contributed by atoms with E-state index in [-0.39, 0.29) is 17.9 Å². The molecule has 3 heteroatoms. The third-order valence-corrected chi connectivity index (χ3v) is 3.16. The molecule has 18 heavy (non-hydrogen) atoms. The van der Waals surface area contributed by atoms with Gasteiger partial charge in [0.15, 0.2) is 6.04 Å². The van der Waals surface area contributed by atoms with E-state index in [1.165, 1.54) is 5.39 Å². The van der Waals surface area contributed by atoms with Gasteiger partial charge in [-0.1, -0.05) is 44.2 Å². The molecule has 0 aliphatic carbocycles. The molecular weight excluding hydrogens is 224 g/mol. The van der Waals surface area contributed by atoms with Crippen LogP contribution in [-0.2, 0) is 4.79 Å². The van der Waals surface area contributed by atoms with Gasteiger partial charge in [-0.15, -0.1) is 0 Å². The lowest BCUT2D eigenvalue weighted by Crippen LogP contribution is -2.68. The van der Waals surface area contributed by atoms with Crippen LogP contribution in [0.4, 0.5) is 5.69 Å². The lowest BCUT2D eigenvalue weighted by Gasteiger charge is -2.12. The molecule has 1 atom stereocenters. The highest BCUT2D eigenvalue weighted by molar-refractivity contribution is 5.96. The molecule has 94 valence electrons. The number of hydrogen-bond donors (Lipinski definition) is 2. The van der Waals surface area contributed by atoms with Crippen LogP contribution in [0.5, 0.6) is 0 Å². The molecule has 0 fully saturated rings. The number of nitrogens with one attached hydrogen (secondary N) is 1. The number of carbonyl (C=O) groups is 1. The molecule has 0 aliphatic heterocycles. The Labute approximate surface area is 107 Å². The van der Waals surface area contributed by atoms with E-state index in [0.29, 0.717) is 0 Å². The molecule has 0 saturated carbocycles. The van der Waals surface area contributed by atoms with Crippen molar-refractivity contribution in [3.63, 3.8) is 0 Å². The third-order valence-electron chi connectivity index (χ3n) is 3.16. The summed E-state index contributed by atoms with van der Waals surface area (Å²) < 4.78 is 0. The fourth-order valence-corrected chi connectivity index (χ4v) is 1.80. The van der Waals surface area contributed by atoms with Crippen molar-refractivity contribution in [1.29, 1.82) is 0 Å². The minimum absolute atomic E-state index is 0.0275. The molecule has 0 heterocycles. The summed E-state index contributed by atoms with van der Waals surface area (Å²) >= 11 is 0. The molecule has 0 aromatic heterocycles. The second kappa shape index (κ2) is 5.19. The fourth-order valence-electron chi connectivity index (χ4n) is 1.80. The number of fused-ring (bicyclic) bond motifs is 1. The predicted octanol–water partition coefficient (Wildman–Crippen LogP) is 2.04. The second-order valence-corrected chi connectivity index (χ2v) is 4.90. The standard InChI is InChI=1S/C15H18N2O/c1-10(2)14(16)15(18)17-13-8-7-11-5-3-4-6-12(11)9-13/h3-10,14H,16H2,1-2H3,(H,17,18)/p+1/t14-/m0/s1. The van der Waals surface area contributed by atoms with Crippen molar-refractivity contribution in [2.45, 2.75) is 19.9 Å². The Hall–Kier alpha value is -1.87. The van der Waals surface area contributed by atoms with E-state index in [4.69, 9.17) is 0 Å². The minimum atomic E-state index is -0.225. The normalized spacial score (nSPS) is 12.7. The number of carbonyl (C=O) groups excluding carboxylic acids is 1. The summed E-state index contributed by atoms with van der Waals surface area (Å²) in [5.41, 5.74) is 4.71. The number of anilines is 1. The zero-order chi connectivity index (χ0) is 13.1. The second-order valence-electron chi connectivity index (χ2n) is 4.90. The van der Waals surface area contributed by atoms with E-state index in [2.05, 4.69) is 17.1 Å². The number of quaternary nitrogens is 1. The third kappa shape index (κ3) is 2.68. The first-order valence-corrected chi connectivity index (χ1v) is 6.20. The molecular formula is C15H19N2O+. The molecule has 2 rings (SSSR count). The molecule has 0 bridgehead atoms. The van der Waals surface area contributed by atoms with Crippen molar-refractivity contribution in [2.75, 3.05) is 5.32 Å². The minimum Gasteiger partial charge on any atom is -0.347 e. The first-order valence-electron chi connectivity index (χ1n) is 6.20. The molecule has 0 radical (unpaired) electrons. The van der Waals surface area contributed by atoms with Crippen LogP contribution in [0.1, 0.15) is 13.8 Å². The van der Waals surface area contributed by atoms with Gasteiger partial charge < -0.3 is 11.1 Å². The summed E-state index contributed by atoms with van der Waals surface area (Å²) in [6, 6.07) is 13.8. The first-order chi connectivity index (χ1) is 8.58. The Kier molecular flexibility index (Phi) is 3.63. The molecule has 3 nitrogen and oxygen atoms in total. The SMILES string of the molecule is CC(C)[C@H]([NH3+])C(=O)Nc1ccc2ccccc2c1. The fraction of sp³-hybridized carbons (Fsp3) is 0.267. The van der Waals surface area contributed by atoms with Crippen LogP contribution >= 0.6 is 0 Å². The van der Waals surface area contributed by atoms with Gasteiger partial charge in [0, 0.05) is 11.6 Å². The van der Waals surface area contributed by atoms with Crippen molar-refractivity contribution in [3.8, 4) is 0 Å². The highest BCUT2D eigenvalue weighted by Gasteiger charge is 2.20. The summed E-state index contributed by atoms with van der Waals surface area (Å²) in [6.45, 7) is 4.00. The average molecular weight is 243 g/mol. The van der Waals surface area contributed by atoms with E-state index < -0.39 is 0 Å². The molecule has 0 unspecified atom stereocenters. The Balaban J connectivity index is 2.19. The maximum atomic E-state index is 11.9. The monoisotopic (exact) mass is 243 g/mol. The number of rotatable bonds is 3. The quantitative estimate of drug-likeness (QED) is 0.851. The highest BCUT2D eigenvalue weighted by atomic mass is 16.2. The van der Waals surface area contributed by atoms with Crippen molar-refractivity contribution in [3.05, 3.63) is 42.5 Å². The van der Waals surface area contributed by atoms with Crippen molar-refractivity contribution < 1.29 is 10.5 Å². The van der Waals surface area contributed by atoms with Gasteiger partial charge in [-0.05, 0) is 22.9 Å².